The fourth-order valence-corrected chi connectivity index (χ4v) is 2.94. The molecule has 3 heteroatoms. The molecule has 2 aromatic carbocycles. The van der Waals surface area contributed by atoms with Gasteiger partial charge in [0.15, 0.2) is 0 Å². The number of carbonyl (C=O) groups excluding carboxylic acids is 1. The third kappa shape index (κ3) is 2.68. The number of halogens is 1. The minimum absolute atomic E-state index is 0.0570. The van der Waals surface area contributed by atoms with Gasteiger partial charge in [0.2, 0.25) is 5.91 Å². The number of rotatable bonds is 4. The zero-order chi connectivity index (χ0) is 14.9. The summed E-state index contributed by atoms with van der Waals surface area (Å²) >= 11 is 0. The van der Waals surface area contributed by atoms with Gasteiger partial charge in [-0.25, -0.2) is 4.39 Å². The predicted molar refractivity (Wildman–Crippen MR) is 81.4 cm³/mol. The molecule has 0 saturated heterocycles. The molecule has 2 aromatic rings. The molecule has 21 heavy (non-hydrogen) atoms. The molecule has 1 saturated carbocycles. The van der Waals surface area contributed by atoms with Crippen molar-refractivity contribution in [3.8, 4) is 11.1 Å². The van der Waals surface area contributed by atoms with E-state index in [1.807, 2.05) is 24.3 Å². The molecule has 0 heterocycles. The van der Waals surface area contributed by atoms with Gasteiger partial charge >= 0.3 is 0 Å². The topological polar surface area (TPSA) is 29.1 Å². The fourth-order valence-electron chi connectivity index (χ4n) is 2.94. The van der Waals surface area contributed by atoms with Crippen molar-refractivity contribution < 1.29 is 9.18 Å². The van der Waals surface area contributed by atoms with Crippen molar-refractivity contribution in [1.82, 2.24) is 5.32 Å². The third-order valence-corrected chi connectivity index (χ3v) is 4.27. The van der Waals surface area contributed by atoms with Gasteiger partial charge in [0, 0.05) is 18.9 Å². The second kappa shape index (κ2) is 5.32. The zero-order valence-corrected chi connectivity index (χ0v) is 12.0. The van der Waals surface area contributed by atoms with E-state index in [2.05, 4.69) is 11.4 Å². The number of hydrogen-bond donors (Lipinski definition) is 1. The van der Waals surface area contributed by atoms with Gasteiger partial charge in [-0.05, 0) is 41.7 Å². The summed E-state index contributed by atoms with van der Waals surface area (Å²) in [6.07, 6.45) is 2.51. The molecular formula is C18H18FNO. The standard InChI is InChI=1S/C18H18FNO/c1-20-17(21)12-18(9-10-18)16-8-3-2-7-15(16)13-5-4-6-14(19)11-13/h2-8,11H,9-10,12H2,1H3,(H,20,21). The number of benzene rings is 2. The first-order chi connectivity index (χ1) is 10.1. The van der Waals surface area contributed by atoms with Gasteiger partial charge in [0.25, 0.3) is 0 Å². The van der Waals surface area contributed by atoms with E-state index in [0.29, 0.717) is 6.42 Å². The lowest BCUT2D eigenvalue weighted by Gasteiger charge is -2.19. The van der Waals surface area contributed by atoms with Gasteiger partial charge in [0.05, 0.1) is 0 Å². The highest BCUT2D eigenvalue weighted by Crippen LogP contribution is 2.53. The second-order valence-electron chi connectivity index (χ2n) is 5.69. The van der Waals surface area contributed by atoms with Crippen LogP contribution in [0.15, 0.2) is 48.5 Å². The summed E-state index contributed by atoms with van der Waals surface area (Å²) in [5.74, 6) is -0.181. The Bertz CT molecular complexity index is 676. The van der Waals surface area contributed by atoms with Crippen LogP contribution in [0.4, 0.5) is 4.39 Å². The van der Waals surface area contributed by atoms with Crippen LogP contribution in [-0.2, 0) is 10.2 Å². The summed E-state index contributed by atoms with van der Waals surface area (Å²) in [5.41, 5.74) is 2.97. The normalized spacial score (nSPS) is 15.5. The molecule has 1 N–H and O–H groups in total. The molecule has 0 radical (unpaired) electrons. The maximum absolute atomic E-state index is 13.5. The van der Waals surface area contributed by atoms with E-state index in [1.165, 1.54) is 6.07 Å². The molecule has 2 nitrogen and oxygen atoms in total. The Kier molecular flexibility index (Phi) is 3.50. The van der Waals surface area contributed by atoms with Gasteiger partial charge in [-0.2, -0.15) is 0 Å². The van der Waals surface area contributed by atoms with Crippen molar-refractivity contribution in [1.29, 1.82) is 0 Å². The Balaban J connectivity index is 2.03. The minimum atomic E-state index is -0.238. The molecule has 1 aliphatic carbocycles. The van der Waals surface area contributed by atoms with Crippen LogP contribution in [-0.4, -0.2) is 13.0 Å². The first kappa shape index (κ1) is 13.8. The molecule has 0 atom stereocenters. The molecule has 1 amide bonds. The van der Waals surface area contributed by atoms with Crippen molar-refractivity contribution in [2.24, 2.45) is 0 Å². The van der Waals surface area contributed by atoms with Gasteiger partial charge in [0.1, 0.15) is 5.82 Å². The summed E-state index contributed by atoms with van der Waals surface area (Å²) in [6, 6.07) is 14.7. The molecule has 1 fully saturated rings. The van der Waals surface area contributed by atoms with Crippen molar-refractivity contribution in [2.45, 2.75) is 24.7 Å². The van der Waals surface area contributed by atoms with E-state index < -0.39 is 0 Å². The summed E-state index contributed by atoms with van der Waals surface area (Å²) in [4.78, 5) is 11.8. The van der Waals surface area contributed by atoms with Crippen molar-refractivity contribution in [3.05, 3.63) is 59.9 Å². The quantitative estimate of drug-likeness (QED) is 0.911. The summed E-state index contributed by atoms with van der Waals surface area (Å²) < 4.78 is 13.5. The van der Waals surface area contributed by atoms with Crippen LogP contribution < -0.4 is 5.32 Å². The minimum Gasteiger partial charge on any atom is -0.359 e. The van der Waals surface area contributed by atoms with Gasteiger partial charge in [-0.3, -0.25) is 4.79 Å². The maximum atomic E-state index is 13.5. The molecule has 0 aromatic heterocycles. The van der Waals surface area contributed by atoms with Crippen molar-refractivity contribution >= 4 is 5.91 Å². The van der Waals surface area contributed by atoms with Crippen LogP contribution in [0.25, 0.3) is 11.1 Å². The highest BCUT2D eigenvalue weighted by Gasteiger charge is 2.46. The van der Waals surface area contributed by atoms with Crippen LogP contribution >= 0.6 is 0 Å². The van der Waals surface area contributed by atoms with Crippen molar-refractivity contribution in [3.63, 3.8) is 0 Å². The molecular weight excluding hydrogens is 265 g/mol. The zero-order valence-electron chi connectivity index (χ0n) is 12.0. The lowest BCUT2D eigenvalue weighted by atomic mass is 9.85. The molecule has 0 spiro atoms. The Labute approximate surface area is 124 Å². The Morgan fingerprint density at radius 3 is 2.62 bits per heavy atom. The molecule has 0 unspecified atom stereocenters. The number of amides is 1. The highest BCUT2D eigenvalue weighted by atomic mass is 19.1. The Morgan fingerprint density at radius 1 is 1.19 bits per heavy atom. The third-order valence-electron chi connectivity index (χ3n) is 4.27. The van der Waals surface area contributed by atoms with E-state index in [0.717, 1.165) is 29.5 Å². The van der Waals surface area contributed by atoms with Crippen LogP contribution in [0.3, 0.4) is 0 Å². The second-order valence-corrected chi connectivity index (χ2v) is 5.69. The van der Waals surface area contributed by atoms with Crippen LogP contribution in [0.1, 0.15) is 24.8 Å². The molecule has 0 bridgehead atoms. The monoisotopic (exact) mass is 283 g/mol. The average molecular weight is 283 g/mol. The van der Waals surface area contributed by atoms with Crippen LogP contribution in [0.2, 0.25) is 0 Å². The summed E-state index contributed by atoms with van der Waals surface area (Å²) in [5, 5.41) is 2.70. The van der Waals surface area contributed by atoms with E-state index in [1.54, 1.807) is 19.2 Å². The van der Waals surface area contributed by atoms with Gasteiger partial charge in [-0.1, -0.05) is 36.4 Å². The smallest absolute Gasteiger partial charge is 0.220 e. The largest absolute Gasteiger partial charge is 0.359 e. The van der Waals surface area contributed by atoms with Crippen molar-refractivity contribution in [2.75, 3.05) is 7.05 Å². The first-order valence-corrected chi connectivity index (χ1v) is 7.21. The molecule has 108 valence electrons. The lowest BCUT2D eigenvalue weighted by molar-refractivity contribution is -0.121. The van der Waals surface area contributed by atoms with E-state index >= 15 is 0 Å². The fraction of sp³-hybridized carbons (Fsp3) is 0.278. The van der Waals surface area contributed by atoms with Gasteiger partial charge in [-0.15, -0.1) is 0 Å². The molecule has 1 aliphatic rings. The molecule has 3 rings (SSSR count). The van der Waals surface area contributed by atoms with E-state index in [-0.39, 0.29) is 17.1 Å². The number of carbonyl (C=O) groups is 1. The predicted octanol–water partition coefficient (Wildman–Crippen LogP) is 3.66. The van der Waals surface area contributed by atoms with Gasteiger partial charge < -0.3 is 5.32 Å². The van der Waals surface area contributed by atoms with Crippen LogP contribution in [0, 0.1) is 5.82 Å². The Hall–Kier alpha value is -2.16. The maximum Gasteiger partial charge on any atom is 0.220 e. The average Bonchev–Trinajstić information content (AvgIpc) is 3.28. The highest BCUT2D eigenvalue weighted by molar-refractivity contribution is 5.79. The van der Waals surface area contributed by atoms with E-state index in [4.69, 9.17) is 0 Å². The van der Waals surface area contributed by atoms with Crippen LogP contribution in [0.5, 0.6) is 0 Å². The summed E-state index contributed by atoms with van der Waals surface area (Å²) in [7, 11) is 1.66. The summed E-state index contributed by atoms with van der Waals surface area (Å²) in [6.45, 7) is 0. The molecule has 0 aliphatic heterocycles. The lowest BCUT2D eigenvalue weighted by Crippen LogP contribution is -2.24. The SMILES string of the molecule is CNC(=O)CC1(c2ccccc2-c2cccc(F)c2)CC1. The van der Waals surface area contributed by atoms with E-state index in [9.17, 15) is 9.18 Å². The Morgan fingerprint density at radius 2 is 1.95 bits per heavy atom. The number of nitrogens with one attached hydrogen (secondary N) is 1. The first-order valence-electron chi connectivity index (χ1n) is 7.21. The number of hydrogen-bond acceptors (Lipinski definition) is 1.